The third kappa shape index (κ3) is 3.75. The zero-order valence-corrected chi connectivity index (χ0v) is 12.6. The van der Waals surface area contributed by atoms with E-state index in [-0.39, 0.29) is 24.8 Å². The highest BCUT2D eigenvalue weighted by Crippen LogP contribution is 2.15. The number of rotatable bonds is 5. The van der Waals surface area contributed by atoms with E-state index in [2.05, 4.69) is 10.4 Å². The molecule has 3 aromatic rings. The number of hydrogen-bond donors (Lipinski definition) is 1. The molecule has 6 nitrogen and oxygen atoms in total. The molecular formula is C17H14FN3O3. The lowest BCUT2D eigenvalue weighted by Gasteiger charge is -2.07. The van der Waals surface area contributed by atoms with Crippen LogP contribution in [0, 0.1) is 5.82 Å². The minimum atomic E-state index is -0.394. The number of benzene rings is 1. The van der Waals surface area contributed by atoms with Crippen LogP contribution in [0.2, 0.25) is 0 Å². The summed E-state index contributed by atoms with van der Waals surface area (Å²) in [5, 5.41) is 6.80. The van der Waals surface area contributed by atoms with Gasteiger partial charge < -0.3 is 9.73 Å². The van der Waals surface area contributed by atoms with E-state index in [0.717, 1.165) is 4.68 Å². The molecule has 0 bridgehead atoms. The number of aromatic nitrogens is 2. The molecule has 0 unspecified atom stereocenters. The van der Waals surface area contributed by atoms with Crippen molar-refractivity contribution >= 4 is 5.91 Å². The van der Waals surface area contributed by atoms with Crippen LogP contribution in [0.25, 0.3) is 11.3 Å². The Hall–Kier alpha value is -3.22. The Labute approximate surface area is 136 Å². The van der Waals surface area contributed by atoms with Gasteiger partial charge in [0.1, 0.15) is 18.1 Å². The topological polar surface area (TPSA) is 77.1 Å². The zero-order chi connectivity index (χ0) is 16.9. The molecule has 2 heterocycles. The molecule has 7 heteroatoms. The predicted octanol–water partition coefficient (Wildman–Crippen LogP) is 1.96. The van der Waals surface area contributed by atoms with Gasteiger partial charge in [-0.05, 0) is 42.5 Å². The third-order valence-electron chi connectivity index (χ3n) is 3.34. The van der Waals surface area contributed by atoms with Gasteiger partial charge in [-0.3, -0.25) is 9.59 Å². The summed E-state index contributed by atoms with van der Waals surface area (Å²) in [5.74, 6) is -0.106. The highest BCUT2D eigenvalue weighted by molar-refractivity contribution is 5.75. The first-order valence-corrected chi connectivity index (χ1v) is 7.25. The van der Waals surface area contributed by atoms with Crippen LogP contribution in [0.1, 0.15) is 5.76 Å². The van der Waals surface area contributed by atoms with E-state index in [1.807, 2.05) is 0 Å². The first-order chi connectivity index (χ1) is 11.6. The number of carbonyl (C=O) groups is 1. The van der Waals surface area contributed by atoms with E-state index < -0.39 is 5.56 Å². The van der Waals surface area contributed by atoms with Gasteiger partial charge >= 0.3 is 0 Å². The van der Waals surface area contributed by atoms with Crippen LogP contribution in [0.5, 0.6) is 0 Å². The van der Waals surface area contributed by atoms with E-state index in [1.54, 1.807) is 24.3 Å². The van der Waals surface area contributed by atoms with Crippen molar-refractivity contribution in [2.24, 2.45) is 0 Å². The van der Waals surface area contributed by atoms with Gasteiger partial charge in [0.15, 0.2) is 0 Å². The smallest absolute Gasteiger partial charge is 0.267 e. The molecule has 1 aromatic carbocycles. The van der Waals surface area contributed by atoms with Crippen LogP contribution < -0.4 is 10.9 Å². The first-order valence-electron chi connectivity index (χ1n) is 7.25. The fourth-order valence-electron chi connectivity index (χ4n) is 2.13. The second-order valence-corrected chi connectivity index (χ2v) is 5.08. The van der Waals surface area contributed by atoms with Crippen molar-refractivity contribution < 1.29 is 13.6 Å². The van der Waals surface area contributed by atoms with Gasteiger partial charge in [0.25, 0.3) is 5.56 Å². The van der Waals surface area contributed by atoms with Gasteiger partial charge in [0.2, 0.25) is 5.91 Å². The Morgan fingerprint density at radius 1 is 1.17 bits per heavy atom. The maximum atomic E-state index is 13.0. The van der Waals surface area contributed by atoms with Crippen LogP contribution >= 0.6 is 0 Å². The van der Waals surface area contributed by atoms with Gasteiger partial charge in [-0.25, -0.2) is 9.07 Å². The Bertz CT molecular complexity index is 886. The standard InChI is InChI=1S/C17H14FN3O3/c18-13-5-3-12(4-6-13)15-7-8-17(23)21(20-15)11-16(22)19-10-14-2-1-9-24-14/h1-9H,10-11H2,(H,19,22). The number of halogens is 1. The largest absolute Gasteiger partial charge is 0.467 e. The molecule has 1 amide bonds. The van der Waals surface area contributed by atoms with Crippen molar-refractivity contribution in [3.63, 3.8) is 0 Å². The molecule has 0 saturated carbocycles. The Balaban J connectivity index is 1.73. The van der Waals surface area contributed by atoms with Gasteiger partial charge in [-0.2, -0.15) is 5.10 Å². The second-order valence-electron chi connectivity index (χ2n) is 5.08. The van der Waals surface area contributed by atoms with Crippen LogP contribution in [-0.2, 0) is 17.9 Å². The summed E-state index contributed by atoms with van der Waals surface area (Å²) < 4.78 is 19.2. The molecule has 0 aliphatic rings. The van der Waals surface area contributed by atoms with Crippen LogP contribution in [0.15, 0.2) is 64.0 Å². The van der Waals surface area contributed by atoms with Crippen molar-refractivity contribution in [1.82, 2.24) is 15.1 Å². The molecule has 0 fully saturated rings. The number of furan rings is 1. The average Bonchev–Trinajstić information content (AvgIpc) is 3.09. The van der Waals surface area contributed by atoms with Crippen molar-refractivity contribution in [2.45, 2.75) is 13.1 Å². The Morgan fingerprint density at radius 3 is 2.67 bits per heavy atom. The van der Waals surface area contributed by atoms with Gasteiger partial charge in [0.05, 0.1) is 18.5 Å². The molecule has 0 saturated heterocycles. The summed E-state index contributed by atoms with van der Waals surface area (Å²) in [7, 11) is 0. The van der Waals surface area contributed by atoms with Crippen molar-refractivity contribution in [2.75, 3.05) is 0 Å². The van der Waals surface area contributed by atoms with Gasteiger partial charge in [0, 0.05) is 11.6 Å². The van der Waals surface area contributed by atoms with E-state index in [0.29, 0.717) is 17.0 Å². The second kappa shape index (κ2) is 6.91. The molecule has 0 spiro atoms. The van der Waals surface area contributed by atoms with Crippen LogP contribution in [-0.4, -0.2) is 15.7 Å². The lowest BCUT2D eigenvalue weighted by Crippen LogP contribution is -2.33. The monoisotopic (exact) mass is 327 g/mol. The average molecular weight is 327 g/mol. The number of carbonyl (C=O) groups excluding carboxylic acids is 1. The molecule has 0 radical (unpaired) electrons. The van der Waals surface area contributed by atoms with Crippen LogP contribution in [0.4, 0.5) is 4.39 Å². The molecule has 2 aromatic heterocycles. The minimum Gasteiger partial charge on any atom is -0.467 e. The van der Waals surface area contributed by atoms with E-state index in [9.17, 15) is 14.0 Å². The molecule has 0 atom stereocenters. The Morgan fingerprint density at radius 2 is 1.96 bits per heavy atom. The number of nitrogens with one attached hydrogen (secondary N) is 1. The van der Waals surface area contributed by atoms with Crippen LogP contribution in [0.3, 0.4) is 0 Å². The number of nitrogens with zero attached hydrogens (tertiary/aromatic N) is 2. The third-order valence-corrected chi connectivity index (χ3v) is 3.34. The van der Waals surface area contributed by atoms with Crippen molar-refractivity contribution in [3.05, 3.63) is 76.7 Å². The number of amides is 1. The molecule has 1 N–H and O–H groups in total. The summed E-state index contributed by atoms with van der Waals surface area (Å²) in [4.78, 5) is 23.8. The summed E-state index contributed by atoms with van der Waals surface area (Å²) >= 11 is 0. The Kier molecular flexibility index (Phi) is 4.51. The molecule has 122 valence electrons. The van der Waals surface area contributed by atoms with E-state index >= 15 is 0 Å². The van der Waals surface area contributed by atoms with Gasteiger partial charge in [-0.1, -0.05) is 0 Å². The minimum absolute atomic E-state index is 0.214. The zero-order valence-electron chi connectivity index (χ0n) is 12.6. The lowest BCUT2D eigenvalue weighted by molar-refractivity contribution is -0.122. The summed E-state index contributed by atoms with van der Waals surface area (Å²) in [6, 6.07) is 12.1. The maximum Gasteiger partial charge on any atom is 0.267 e. The molecular weight excluding hydrogens is 313 g/mol. The van der Waals surface area contributed by atoms with Gasteiger partial charge in [-0.15, -0.1) is 0 Å². The normalized spacial score (nSPS) is 10.5. The predicted molar refractivity (Wildman–Crippen MR) is 84.4 cm³/mol. The summed E-state index contributed by atoms with van der Waals surface area (Å²) in [5.41, 5.74) is 0.739. The van der Waals surface area contributed by atoms with E-state index in [4.69, 9.17) is 4.42 Å². The highest BCUT2D eigenvalue weighted by atomic mass is 19.1. The van der Waals surface area contributed by atoms with Crippen molar-refractivity contribution in [3.8, 4) is 11.3 Å². The summed E-state index contributed by atoms with van der Waals surface area (Å²) in [6.07, 6.45) is 1.51. The lowest BCUT2D eigenvalue weighted by atomic mass is 10.1. The fraction of sp³-hybridized carbons (Fsp3) is 0.118. The molecule has 24 heavy (non-hydrogen) atoms. The molecule has 3 rings (SSSR count). The number of hydrogen-bond acceptors (Lipinski definition) is 4. The first kappa shape index (κ1) is 15.7. The maximum absolute atomic E-state index is 13.0. The quantitative estimate of drug-likeness (QED) is 0.777. The SMILES string of the molecule is O=C(Cn1nc(-c2ccc(F)cc2)ccc1=O)NCc1ccco1. The fourth-order valence-corrected chi connectivity index (χ4v) is 2.13. The van der Waals surface area contributed by atoms with Crippen molar-refractivity contribution in [1.29, 1.82) is 0 Å². The molecule has 0 aliphatic carbocycles. The summed E-state index contributed by atoms with van der Waals surface area (Å²) in [6.45, 7) is 0.0206. The highest BCUT2D eigenvalue weighted by Gasteiger charge is 2.08. The van der Waals surface area contributed by atoms with E-state index in [1.165, 1.54) is 30.5 Å². The molecule has 0 aliphatic heterocycles.